The van der Waals surface area contributed by atoms with E-state index in [0.29, 0.717) is 17.2 Å². The molecule has 23 heavy (non-hydrogen) atoms. The highest BCUT2D eigenvalue weighted by Crippen LogP contribution is 2.27. The predicted octanol–water partition coefficient (Wildman–Crippen LogP) is 1.90. The minimum atomic E-state index is -0.114. The second-order valence-electron chi connectivity index (χ2n) is 5.31. The number of methoxy groups -OCH3 is 2. The first kappa shape index (κ1) is 15.2. The number of ether oxygens (including phenoxy) is 2. The Bertz CT molecular complexity index is 711. The molecular formula is C16H20N4O3. The zero-order chi connectivity index (χ0) is 16.2. The van der Waals surface area contributed by atoms with Crippen LogP contribution in [0.25, 0.3) is 0 Å². The molecule has 1 aliphatic rings. The summed E-state index contributed by atoms with van der Waals surface area (Å²) < 4.78 is 12.4. The van der Waals surface area contributed by atoms with Crippen LogP contribution in [0.1, 0.15) is 12.0 Å². The number of carbonyl (C=O) groups excluding carboxylic acids is 1. The second-order valence-corrected chi connectivity index (χ2v) is 5.31. The number of nitrogens with one attached hydrogen (secondary N) is 2. The van der Waals surface area contributed by atoms with Gasteiger partial charge in [-0.15, -0.1) is 0 Å². The van der Waals surface area contributed by atoms with Gasteiger partial charge in [0.15, 0.2) is 0 Å². The molecule has 1 aromatic carbocycles. The summed E-state index contributed by atoms with van der Waals surface area (Å²) >= 11 is 0. The highest BCUT2D eigenvalue weighted by molar-refractivity contribution is 5.95. The van der Waals surface area contributed by atoms with Gasteiger partial charge in [-0.3, -0.25) is 4.79 Å². The van der Waals surface area contributed by atoms with Crippen LogP contribution >= 0.6 is 0 Å². The lowest BCUT2D eigenvalue weighted by molar-refractivity contribution is -0.115. The van der Waals surface area contributed by atoms with Crippen LogP contribution in [-0.2, 0) is 17.8 Å². The second kappa shape index (κ2) is 6.60. The van der Waals surface area contributed by atoms with Crippen molar-refractivity contribution in [1.82, 2.24) is 9.78 Å². The minimum Gasteiger partial charge on any atom is -0.497 e. The molecule has 0 bridgehead atoms. The normalized spacial score (nSPS) is 13.0. The van der Waals surface area contributed by atoms with Crippen molar-refractivity contribution >= 4 is 17.4 Å². The molecular weight excluding hydrogens is 296 g/mol. The molecule has 1 aromatic heterocycles. The maximum Gasteiger partial charge on any atom is 0.229 e. The third kappa shape index (κ3) is 3.23. The molecule has 3 rings (SSSR count). The lowest BCUT2D eigenvalue weighted by atomic mass is 10.1. The zero-order valence-electron chi connectivity index (χ0n) is 13.3. The Labute approximate surface area is 134 Å². The van der Waals surface area contributed by atoms with Gasteiger partial charge < -0.3 is 20.1 Å². The van der Waals surface area contributed by atoms with Crippen molar-refractivity contribution in [2.75, 3.05) is 31.4 Å². The molecule has 7 nitrogen and oxygen atoms in total. The van der Waals surface area contributed by atoms with Gasteiger partial charge >= 0.3 is 0 Å². The van der Waals surface area contributed by atoms with Crippen molar-refractivity contribution < 1.29 is 14.3 Å². The number of fused-ring (bicyclic) bond motifs is 1. The van der Waals surface area contributed by atoms with Gasteiger partial charge in [0.05, 0.1) is 26.8 Å². The molecule has 2 heterocycles. The van der Waals surface area contributed by atoms with Crippen LogP contribution in [0.4, 0.5) is 11.5 Å². The van der Waals surface area contributed by atoms with E-state index in [2.05, 4.69) is 15.7 Å². The fraction of sp³-hybridized carbons (Fsp3) is 0.375. The Morgan fingerprint density at radius 2 is 2.26 bits per heavy atom. The van der Waals surface area contributed by atoms with Gasteiger partial charge in [0, 0.05) is 24.7 Å². The van der Waals surface area contributed by atoms with Crippen LogP contribution in [0.5, 0.6) is 11.5 Å². The van der Waals surface area contributed by atoms with Gasteiger partial charge in [-0.1, -0.05) is 6.07 Å². The van der Waals surface area contributed by atoms with E-state index in [4.69, 9.17) is 9.47 Å². The standard InChI is InChI=1S/C16H20N4O3/c1-22-12-5-4-11(14(9-12)23-2)8-15(21)19-13-10-18-20-7-3-6-17-16(13)20/h4-5,9-10,17H,3,6-8H2,1-2H3,(H,19,21). The number of carbonyl (C=O) groups is 1. The van der Waals surface area contributed by atoms with Crippen molar-refractivity contribution in [3.8, 4) is 11.5 Å². The number of aromatic nitrogens is 2. The summed E-state index contributed by atoms with van der Waals surface area (Å²) in [5.41, 5.74) is 1.52. The van der Waals surface area contributed by atoms with Crippen molar-refractivity contribution in [3.05, 3.63) is 30.0 Å². The van der Waals surface area contributed by atoms with Crippen molar-refractivity contribution in [3.63, 3.8) is 0 Å². The average molecular weight is 316 g/mol. The number of hydrogen-bond acceptors (Lipinski definition) is 5. The zero-order valence-corrected chi connectivity index (χ0v) is 13.3. The summed E-state index contributed by atoms with van der Waals surface area (Å²) in [6.07, 6.45) is 2.93. The number of aryl methyl sites for hydroxylation is 1. The lowest BCUT2D eigenvalue weighted by Crippen LogP contribution is -2.20. The lowest BCUT2D eigenvalue weighted by Gasteiger charge is -2.17. The summed E-state index contributed by atoms with van der Waals surface area (Å²) in [6, 6.07) is 5.42. The monoisotopic (exact) mass is 316 g/mol. The van der Waals surface area contributed by atoms with Gasteiger partial charge in [0.1, 0.15) is 23.0 Å². The smallest absolute Gasteiger partial charge is 0.229 e. The van der Waals surface area contributed by atoms with Crippen molar-refractivity contribution in [2.45, 2.75) is 19.4 Å². The van der Waals surface area contributed by atoms with E-state index in [1.807, 2.05) is 16.8 Å². The quantitative estimate of drug-likeness (QED) is 0.881. The molecule has 122 valence electrons. The maximum atomic E-state index is 12.3. The number of rotatable bonds is 5. The van der Waals surface area contributed by atoms with Gasteiger partial charge in [0.25, 0.3) is 0 Å². The predicted molar refractivity (Wildman–Crippen MR) is 87.2 cm³/mol. The molecule has 0 saturated carbocycles. The van der Waals surface area contributed by atoms with Crippen molar-refractivity contribution in [1.29, 1.82) is 0 Å². The van der Waals surface area contributed by atoms with E-state index in [9.17, 15) is 4.79 Å². The summed E-state index contributed by atoms with van der Waals surface area (Å²) in [7, 11) is 3.17. The topological polar surface area (TPSA) is 77.4 Å². The summed E-state index contributed by atoms with van der Waals surface area (Å²) in [6.45, 7) is 1.76. The Morgan fingerprint density at radius 1 is 1.39 bits per heavy atom. The number of nitrogens with zero attached hydrogens (tertiary/aromatic N) is 2. The SMILES string of the molecule is COc1ccc(CC(=O)Nc2cnn3c2NCCC3)c(OC)c1. The Hall–Kier alpha value is -2.70. The minimum absolute atomic E-state index is 0.114. The third-order valence-corrected chi connectivity index (χ3v) is 3.80. The highest BCUT2D eigenvalue weighted by Gasteiger charge is 2.17. The Kier molecular flexibility index (Phi) is 4.36. The van der Waals surface area contributed by atoms with Crippen LogP contribution in [-0.4, -0.2) is 36.5 Å². The molecule has 0 atom stereocenters. The van der Waals surface area contributed by atoms with E-state index in [1.54, 1.807) is 26.5 Å². The number of anilines is 2. The first-order valence-corrected chi connectivity index (χ1v) is 7.51. The number of hydrogen-bond donors (Lipinski definition) is 2. The average Bonchev–Trinajstić information content (AvgIpc) is 2.98. The Morgan fingerprint density at radius 3 is 3.04 bits per heavy atom. The van der Waals surface area contributed by atoms with E-state index < -0.39 is 0 Å². The molecule has 0 saturated heterocycles. The van der Waals surface area contributed by atoms with Crippen LogP contribution < -0.4 is 20.1 Å². The fourth-order valence-electron chi connectivity index (χ4n) is 2.63. The molecule has 0 unspecified atom stereocenters. The molecule has 2 aromatic rings. The molecule has 2 N–H and O–H groups in total. The first-order chi connectivity index (χ1) is 11.2. The number of amides is 1. The van der Waals surface area contributed by atoms with Gasteiger partial charge in [-0.2, -0.15) is 5.10 Å². The first-order valence-electron chi connectivity index (χ1n) is 7.51. The molecule has 0 radical (unpaired) electrons. The van der Waals surface area contributed by atoms with Gasteiger partial charge in [-0.25, -0.2) is 4.68 Å². The van der Waals surface area contributed by atoms with Crippen LogP contribution in [0.15, 0.2) is 24.4 Å². The summed E-state index contributed by atoms with van der Waals surface area (Å²) in [4.78, 5) is 12.3. The summed E-state index contributed by atoms with van der Waals surface area (Å²) in [5, 5.41) is 10.4. The summed E-state index contributed by atoms with van der Waals surface area (Å²) in [5.74, 6) is 2.08. The van der Waals surface area contributed by atoms with Crippen LogP contribution in [0, 0.1) is 0 Å². The molecule has 7 heteroatoms. The van der Waals surface area contributed by atoms with Crippen LogP contribution in [0.3, 0.4) is 0 Å². The molecule has 0 spiro atoms. The fourth-order valence-corrected chi connectivity index (χ4v) is 2.63. The van der Waals surface area contributed by atoms with Gasteiger partial charge in [0.2, 0.25) is 5.91 Å². The van der Waals surface area contributed by atoms with E-state index in [0.717, 1.165) is 30.9 Å². The molecule has 0 aliphatic carbocycles. The Balaban J connectivity index is 1.71. The van der Waals surface area contributed by atoms with E-state index in [1.165, 1.54) is 0 Å². The van der Waals surface area contributed by atoms with E-state index >= 15 is 0 Å². The molecule has 1 aliphatic heterocycles. The van der Waals surface area contributed by atoms with Crippen molar-refractivity contribution in [2.24, 2.45) is 0 Å². The van der Waals surface area contributed by atoms with Gasteiger partial charge in [-0.05, 0) is 12.5 Å². The molecule has 1 amide bonds. The highest BCUT2D eigenvalue weighted by atomic mass is 16.5. The third-order valence-electron chi connectivity index (χ3n) is 3.80. The largest absolute Gasteiger partial charge is 0.497 e. The maximum absolute atomic E-state index is 12.3. The van der Waals surface area contributed by atoms with Crippen LogP contribution in [0.2, 0.25) is 0 Å². The molecule has 0 fully saturated rings. The number of benzene rings is 1. The van der Waals surface area contributed by atoms with E-state index in [-0.39, 0.29) is 12.3 Å².